The molecule has 0 bridgehead atoms. The molecule has 1 amide bonds. The lowest BCUT2D eigenvalue weighted by Gasteiger charge is -2.21. The van der Waals surface area contributed by atoms with Gasteiger partial charge in [0.2, 0.25) is 0 Å². The smallest absolute Gasteiger partial charge is 0.272 e. The number of nitriles is 1. The summed E-state index contributed by atoms with van der Waals surface area (Å²) < 4.78 is 0. The molecule has 1 aromatic carbocycles. The second-order valence-corrected chi connectivity index (χ2v) is 4.90. The zero-order chi connectivity index (χ0) is 14.7. The van der Waals surface area contributed by atoms with Crippen molar-refractivity contribution in [2.75, 3.05) is 6.54 Å². The Morgan fingerprint density at radius 3 is 2.75 bits per heavy atom. The Labute approximate surface area is 116 Å². The molecule has 1 saturated carbocycles. The van der Waals surface area contributed by atoms with E-state index < -0.39 is 4.92 Å². The van der Waals surface area contributed by atoms with Gasteiger partial charge in [0.25, 0.3) is 11.6 Å². The van der Waals surface area contributed by atoms with Crippen LogP contribution in [-0.2, 0) is 0 Å². The molecule has 0 aliphatic heterocycles. The average molecular weight is 273 g/mol. The number of amides is 1. The van der Waals surface area contributed by atoms with E-state index in [0.717, 1.165) is 12.8 Å². The lowest BCUT2D eigenvalue weighted by Crippen LogP contribution is -2.33. The van der Waals surface area contributed by atoms with Crippen LogP contribution >= 0.6 is 0 Å². The van der Waals surface area contributed by atoms with E-state index in [2.05, 4.69) is 0 Å². The highest BCUT2D eigenvalue weighted by Gasteiger charge is 2.32. The molecular formula is C14H15N3O3. The topological polar surface area (TPSA) is 87.2 Å². The van der Waals surface area contributed by atoms with Gasteiger partial charge in [-0.1, -0.05) is 0 Å². The minimum absolute atomic E-state index is 0.0107. The van der Waals surface area contributed by atoms with Crippen LogP contribution in [0.25, 0.3) is 0 Å². The largest absolute Gasteiger partial charge is 0.335 e. The molecule has 0 saturated heterocycles. The van der Waals surface area contributed by atoms with Gasteiger partial charge < -0.3 is 4.90 Å². The van der Waals surface area contributed by atoms with Gasteiger partial charge in [-0.2, -0.15) is 5.26 Å². The monoisotopic (exact) mass is 273 g/mol. The van der Waals surface area contributed by atoms with Crippen LogP contribution in [-0.4, -0.2) is 28.3 Å². The van der Waals surface area contributed by atoms with Crippen LogP contribution in [0.4, 0.5) is 5.69 Å². The summed E-state index contributed by atoms with van der Waals surface area (Å²) in [5.41, 5.74) is 0.923. The first-order chi connectivity index (χ1) is 9.54. The molecule has 0 heterocycles. The van der Waals surface area contributed by atoms with Crippen LogP contribution < -0.4 is 0 Å². The zero-order valence-corrected chi connectivity index (χ0v) is 11.2. The zero-order valence-electron chi connectivity index (χ0n) is 11.2. The second kappa shape index (κ2) is 5.70. The van der Waals surface area contributed by atoms with Gasteiger partial charge in [-0.3, -0.25) is 14.9 Å². The summed E-state index contributed by atoms with van der Waals surface area (Å²) in [6, 6.07) is 6.64. The van der Waals surface area contributed by atoms with Crippen molar-refractivity contribution in [3.63, 3.8) is 0 Å². The predicted octanol–water partition coefficient (Wildman–Crippen LogP) is 2.42. The molecule has 1 aromatic rings. The first kappa shape index (κ1) is 14.0. The van der Waals surface area contributed by atoms with E-state index >= 15 is 0 Å². The Balaban J connectivity index is 2.21. The number of nitrogens with zero attached hydrogens (tertiary/aromatic N) is 3. The number of hydrogen-bond acceptors (Lipinski definition) is 4. The fourth-order valence-corrected chi connectivity index (χ4v) is 2.17. The van der Waals surface area contributed by atoms with E-state index in [0.29, 0.717) is 24.1 Å². The summed E-state index contributed by atoms with van der Waals surface area (Å²) in [6.45, 7) is 2.03. The van der Waals surface area contributed by atoms with Gasteiger partial charge in [0, 0.05) is 29.8 Å². The molecule has 2 rings (SSSR count). The third-order valence-corrected chi connectivity index (χ3v) is 3.35. The van der Waals surface area contributed by atoms with Gasteiger partial charge in [-0.05, 0) is 31.9 Å². The van der Waals surface area contributed by atoms with Crippen molar-refractivity contribution in [2.45, 2.75) is 32.2 Å². The van der Waals surface area contributed by atoms with Crippen molar-refractivity contribution in [2.24, 2.45) is 0 Å². The third kappa shape index (κ3) is 2.94. The fourth-order valence-electron chi connectivity index (χ4n) is 2.17. The van der Waals surface area contributed by atoms with E-state index in [4.69, 9.17) is 5.26 Å². The summed E-state index contributed by atoms with van der Waals surface area (Å²) in [5, 5.41) is 19.4. The lowest BCUT2D eigenvalue weighted by atomic mass is 10.1. The fraction of sp³-hybridized carbons (Fsp3) is 0.429. The van der Waals surface area contributed by atoms with Gasteiger partial charge in [0.1, 0.15) is 0 Å². The molecule has 6 heteroatoms. The van der Waals surface area contributed by atoms with Crippen LogP contribution in [0.5, 0.6) is 0 Å². The number of nitro benzene ring substituents is 1. The van der Waals surface area contributed by atoms with Crippen molar-refractivity contribution >= 4 is 11.6 Å². The maximum absolute atomic E-state index is 12.4. The molecule has 20 heavy (non-hydrogen) atoms. The van der Waals surface area contributed by atoms with Crippen molar-refractivity contribution in [1.82, 2.24) is 4.90 Å². The normalized spacial score (nSPS) is 13.6. The van der Waals surface area contributed by atoms with Crippen LogP contribution in [0.1, 0.15) is 35.2 Å². The molecule has 6 nitrogen and oxygen atoms in total. The van der Waals surface area contributed by atoms with Crippen molar-refractivity contribution in [3.05, 3.63) is 39.4 Å². The van der Waals surface area contributed by atoms with Crippen LogP contribution in [0.3, 0.4) is 0 Å². The summed E-state index contributed by atoms with van der Waals surface area (Å²) in [5.74, 6) is -0.152. The van der Waals surface area contributed by atoms with Gasteiger partial charge in [-0.15, -0.1) is 0 Å². The number of rotatable bonds is 5. The SMILES string of the molecule is Cc1cc(C(=O)N(CCC#N)C2CC2)ccc1[N+](=O)[O-]. The molecule has 1 fully saturated rings. The summed E-state index contributed by atoms with van der Waals surface area (Å²) in [6.07, 6.45) is 2.22. The summed E-state index contributed by atoms with van der Waals surface area (Å²) in [7, 11) is 0. The van der Waals surface area contributed by atoms with Crippen molar-refractivity contribution in [1.29, 1.82) is 5.26 Å². The van der Waals surface area contributed by atoms with Crippen LogP contribution in [0.15, 0.2) is 18.2 Å². The molecule has 0 atom stereocenters. The summed E-state index contributed by atoms with van der Waals surface area (Å²) >= 11 is 0. The van der Waals surface area contributed by atoms with Gasteiger partial charge in [0.15, 0.2) is 0 Å². The molecule has 1 aliphatic rings. The number of carbonyl (C=O) groups is 1. The van der Waals surface area contributed by atoms with E-state index in [9.17, 15) is 14.9 Å². The second-order valence-electron chi connectivity index (χ2n) is 4.90. The number of carbonyl (C=O) groups excluding carboxylic acids is 1. The van der Waals surface area contributed by atoms with E-state index in [1.807, 2.05) is 6.07 Å². The van der Waals surface area contributed by atoms with E-state index in [1.165, 1.54) is 12.1 Å². The highest BCUT2D eigenvalue weighted by Crippen LogP contribution is 2.29. The van der Waals surface area contributed by atoms with E-state index in [-0.39, 0.29) is 17.6 Å². The minimum atomic E-state index is -0.460. The molecule has 0 radical (unpaired) electrons. The van der Waals surface area contributed by atoms with Crippen LogP contribution in [0.2, 0.25) is 0 Å². The van der Waals surface area contributed by atoms with Crippen molar-refractivity contribution in [3.8, 4) is 6.07 Å². The standard InChI is InChI=1S/C14H15N3O3/c1-10-9-11(3-6-13(10)17(19)20)14(18)16(8-2-7-15)12-4-5-12/h3,6,9,12H,2,4-5,8H2,1H3. The maximum atomic E-state index is 12.4. The quantitative estimate of drug-likeness (QED) is 0.608. The molecule has 0 unspecified atom stereocenters. The predicted molar refractivity (Wildman–Crippen MR) is 72.1 cm³/mol. The van der Waals surface area contributed by atoms with Gasteiger partial charge >= 0.3 is 0 Å². The lowest BCUT2D eigenvalue weighted by molar-refractivity contribution is -0.385. The Kier molecular flexibility index (Phi) is 3.99. The van der Waals surface area contributed by atoms with Gasteiger partial charge in [-0.25, -0.2) is 0 Å². The maximum Gasteiger partial charge on any atom is 0.272 e. The minimum Gasteiger partial charge on any atom is -0.335 e. The van der Waals surface area contributed by atoms with Gasteiger partial charge in [0.05, 0.1) is 17.4 Å². The Hall–Kier alpha value is -2.42. The molecule has 104 valence electrons. The number of nitro groups is 1. The number of aryl methyl sites for hydroxylation is 1. The molecule has 0 N–H and O–H groups in total. The first-order valence-corrected chi connectivity index (χ1v) is 6.47. The number of hydrogen-bond donors (Lipinski definition) is 0. The molecule has 1 aliphatic carbocycles. The number of benzene rings is 1. The average Bonchev–Trinajstić information content (AvgIpc) is 3.23. The molecule has 0 spiro atoms. The third-order valence-electron chi connectivity index (χ3n) is 3.35. The molecule has 0 aromatic heterocycles. The molecular weight excluding hydrogens is 258 g/mol. The van der Waals surface area contributed by atoms with E-state index in [1.54, 1.807) is 17.9 Å². The summed E-state index contributed by atoms with van der Waals surface area (Å²) in [4.78, 5) is 24.4. The first-order valence-electron chi connectivity index (χ1n) is 6.47. The highest BCUT2D eigenvalue weighted by molar-refractivity contribution is 5.95. The Morgan fingerprint density at radius 2 is 2.25 bits per heavy atom. The van der Waals surface area contributed by atoms with Crippen LogP contribution in [0, 0.1) is 28.4 Å². The Morgan fingerprint density at radius 1 is 1.55 bits per heavy atom. The Bertz CT molecular complexity index is 588. The highest BCUT2D eigenvalue weighted by atomic mass is 16.6. The van der Waals surface area contributed by atoms with Crippen molar-refractivity contribution < 1.29 is 9.72 Å².